The summed E-state index contributed by atoms with van der Waals surface area (Å²) in [6.45, 7) is 3.81. The third-order valence-electron chi connectivity index (χ3n) is 1.78. The van der Waals surface area contributed by atoms with Gasteiger partial charge in [-0.05, 0) is 37.3 Å². The topological polar surface area (TPSA) is 46.2 Å². The SMILES string of the molecule is C\C=C/C=C(\C=C/C)/C=C1\SC(=O)NC1=O. The Labute approximate surface area is 99.0 Å². The van der Waals surface area contributed by atoms with Crippen LogP contribution in [-0.2, 0) is 4.79 Å². The number of carbonyl (C=O) groups is 2. The number of carbonyl (C=O) groups excluding carboxylic acids is 2. The highest BCUT2D eigenvalue weighted by atomic mass is 32.2. The van der Waals surface area contributed by atoms with E-state index in [2.05, 4.69) is 5.32 Å². The Balaban J connectivity index is 2.94. The summed E-state index contributed by atoms with van der Waals surface area (Å²) >= 11 is 0.924. The number of nitrogens with one attached hydrogen (secondary N) is 1. The first-order valence-electron chi connectivity index (χ1n) is 4.88. The smallest absolute Gasteiger partial charge is 0.282 e. The van der Waals surface area contributed by atoms with Gasteiger partial charge in [-0.2, -0.15) is 0 Å². The molecule has 0 bridgehead atoms. The maximum Gasteiger partial charge on any atom is 0.290 e. The van der Waals surface area contributed by atoms with Gasteiger partial charge in [0.1, 0.15) is 0 Å². The van der Waals surface area contributed by atoms with Gasteiger partial charge in [0.15, 0.2) is 0 Å². The van der Waals surface area contributed by atoms with E-state index >= 15 is 0 Å². The first kappa shape index (κ1) is 12.5. The van der Waals surface area contributed by atoms with E-state index in [1.165, 1.54) is 0 Å². The molecule has 0 aromatic heterocycles. The summed E-state index contributed by atoms with van der Waals surface area (Å²) in [6, 6.07) is 0. The van der Waals surface area contributed by atoms with Crippen LogP contribution in [-0.4, -0.2) is 11.1 Å². The summed E-state index contributed by atoms with van der Waals surface area (Å²) in [6.07, 6.45) is 11.1. The van der Waals surface area contributed by atoms with E-state index < -0.39 is 0 Å². The van der Waals surface area contributed by atoms with Crippen LogP contribution in [0.15, 0.2) is 46.9 Å². The lowest BCUT2D eigenvalue weighted by Gasteiger charge is -1.93. The van der Waals surface area contributed by atoms with Crippen LogP contribution in [0.2, 0.25) is 0 Å². The summed E-state index contributed by atoms with van der Waals surface area (Å²) in [4.78, 5) is 22.7. The summed E-state index contributed by atoms with van der Waals surface area (Å²) in [5.74, 6) is -0.328. The summed E-state index contributed by atoms with van der Waals surface area (Å²) < 4.78 is 0. The second-order valence-electron chi connectivity index (χ2n) is 3.04. The Morgan fingerprint density at radius 3 is 2.50 bits per heavy atom. The lowest BCUT2D eigenvalue weighted by molar-refractivity contribution is -0.115. The molecule has 3 nitrogen and oxygen atoms in total. The standard InChI is InChI=1S/C12H13NO2S/c1-3-5-7-9(6-4-2)8-10-11(14)13-12(15)16-10/h3-8H,1-2H3,(H,13,14,15)/b5-3-,6-4-,9-7+,10-8-. The van der Waals surface area contributed by atoms with Crippen LogP contribution < -0.4 is 5.32 Å². The maximum absolute atomic E-state index is 11.3. The molecule has 0 saturated carbocycles. The van der Waals surface area contributed by atoms with Crippen molar-refractivity contribution in [1.82, 2.24) is 5.32 Å². The zero-order valence-electron chi connectivity index (χ0n) is 9.19. The average molecular weight is 235 g/mol. The number of thioether (sulfide) groups is 1. The van der Waals surface area contributed by atoms with Crippen LogP contribution >= 0.6 is 11.8 Å². The summed E-state index contributed by atoms with van der Waals surface area (Å²) in [7, 11) is 0. The highest BCUT2D eigenvalue weighted by molar-refractivity contribution is 8.18. The average Bonchev–Trinajstić information content (AvgIpc) is 2.54. The minimum atomic E-state index is -0.328. The van der Waals surface area contributed by atoms with Crippen LogP contribution in [0.4, 0.5) is 4.79 Å². The molecule has 0 radical (unpaired) electrons. The third kappa shape index (κ3) is 3.55. The molecule has 0 aromatic rings. The molecule has 84 valence electrons. The zero-order valence-corrected chi connectivity index (χ0v) is 10.0. The molecule has 0 aromatic carbocycles. The molecule has 1 N–H and O–H groups in total. The van der Waals surface area contributed by atoms with Gasteiger partial charge in [-0.1, -0.05) is 30.4 Å². The second kappa shape index (κ2) is 6.12. The molecule has 1 heterocycles. The Morgan fingerprint density at radius 1 is 1.25 bits per heavy atom. The molecule has 0 atom stereocenters. The van der Waals surface area contributed by atoms with E-state index in [1.807, 2.05) is 44.2 Å². The molecule has 0 aliphatic carbocycles. The molecular weight excluding hydrogens is 222 g/mol. The number of hydrogen-bond donors (Lipinski definition) is 1. The predicted molar refractivity (Wildman–Crippen MR) is 66.9 cm³/mol. The second-order valence-corrected chi connectivity index (χ2v) is 4.06. The largest absolute Gasteiger partial charge is 0.290 e. The van der Waals surface area contributed by atoms with Gasteiger partial charge in [0.05, 0.1) is 4.91 Å². The van der Waals surface area contributed by atoms with Crippen molar-refractivity contribution in [3.63, 3.8) is 0 Å². The van der Waals surface area contributed by atoms with Gasteiger partial charge >= 0.3 is 0 Å². The predicted octanol–water partition coefficient (Wildman–Crippen LogP) is 2.93. The van der Waals surface area contributed by atoms with E-state index in [9.17, 15) is 9.59 Å². The molecule has 0 spiro atoms. The van der Waals surface area contributed by atoms with E-state index in [4.69, 9.17) is 0 Å². The molecule has 0 unspecified atom stereocenters. The van der Waals surface area contributed by atoms with E-state index in [0.29, 0.717) is 4.91 Å². The van der Waals surface area contributed by atoms with Crippen molar-refractivity contribution in [2.45, 2.75) is 13.8 Å². The number of allylic oxidation sites excluding steroid dienone is 7. The van der Waals surface area contributed by atoms with Gasteiger partial charge in [0.25, 0.3) is 11.1 Å². The van der Waals surface area contributed by atoms with Crippen LogP contribution in [0.1, 0.15) is 13.8 Å². The Morgan fingerprint density at radius 2 is 2.00 bits per heavy atom. The highest BCUT2D eigenvalue weighted by Gasteiger charge is 2.24. The molecule has 4 heteroatoms. The normalized spacial score (nSPS) is 20.4. The molecule has 1 fully saturated rings. The molecule has 2 amide bonds. The first-order chi connectivity index (χ1) is 7.67. The van der Waals surface area contributed by atoms with Gasteiger partial charge in [0.2, 0.25) is 0 Å². The fourth-order valence-corrected chi connectivity index (χ4v) is 1.81. The van der Waals surface area contributed by atoms with Gasteiger partial charge in [-0.25, -0.2) is 0 Å². The van der Waals surface area contributed by atoms with Crippen LogP contribution in [0.25, 0.3) is 0 Å². The highest BCUT2D eigenvalue weighted by Crippen LogP contribution is 2.24. The van der Waals surface area contributed by atoms with Crippen LogP contribution in [0.5, 0.6) is 0 Å². The van der Waals surface area contributed by atoms with Gasteiger partial charge < -0.3 is 0 Å². The third-order valence-corrected chi connectivity index (χ3v) is 2.59. The Kier molecular flexibility index (Phi) is 4.79. The molecule has 16 heavy (non-hydrogen) atoms. The molecule has 1 aliphatic rings. The lowest BCUT2D eigenvalue weighted by atomic mass is 10.2. The number of hydrogen-bond acceptors (Lipinski definition) is 3. The van der Waals surface area contributed by atoms with E-state index in [-0.39, 0.29) is 11.1 Å². The Bertz CT molecular complexity index is 417. The van der Waals surface area contributed by atoms with Gasteiger partial charge in [-0.15, -0.1) is 0 Å². The van der Waals surface area contributed by atoms with Crippen molar-refractivity contribution in [2.75, 3.05) is 0 Å². The minimum absolute atomic E-state index is 0.317. The fourth-order valence-electron chi connectivity index (χ4n) is 1.12. The summed E-state index contributed by atoms with van der Waals surface area (Å²) in [5.41, 5.74) is 0.882. The lowest BCUT2D eigenvalue weighted by Crippen LogP contribution is -2.17. The minimum Gasteiger partial charge on any atom is -0.282 e. The van der Waals surface area contributed by atoms with Crippen molar-refractivity contribution in [3.05, 3.63) is 46.9 Å². The van der Waals surface area contributed by atoms with Gasteiger partial charge in [0, 0.05) is 0 Å². The maximum atomic E-state index is 11.3. The zero-order chi connectivity index (χ0) is 12.0. The van der Waals surface area contributed by atoms with Crippen LogP contribution in [0.3, 0.4) is 0 Å². The van der Waals surface area contributed by atoms with Crippen molar-refractivity contribution in [1.29, 1.82) is 0 Å². The molecular formula is C12H13NO2S. The van der Waals surface area contributed by atoms with Crippen LogP contribution in [0, 0.1) is 0 Å². The molecule has 1 aliphatic heterocycles. The van der Waals surface area contributed by atoms with Crippen molar-refractivity contribution >= 4 is 22.9 Å². The van der Waals surface area contributed by atoms with E-state index in [0.717, 1.165) is 17.3 Å². The van der Waals surface area contributed by atoms with E-state index in [1.54, 1.807) is 6.08 Å². The number of rotatable bonds is 3. The first-order valence-corrected chi connectivity index (χ1v) is 5.69. The van der Waals surface area contributed by atoms with Crippen molar-refractivity contribution in [2.24, 2.45) is 0 Å². The molecule has 1 saturated heterocycles. The fraction of sp³-hybridized carbons (Fsp3) is 0.167. The molecule has 1 rings (SSSR count). The van der Waals surface area contributed by atoms with Crippen molar-refractivity contribution < 1.29 is 9.59 Å². The van der Waals surface area contributed by atoms with Crippen molar-refractivity contribution in [3.8, 4) is 0 Å². The quantitative estimate of drug-likeness (QED) is 0.604. The Hall–Kier alpha value is -1.55. The summed E-state index contributed by atoms with van der Waals surface area (Å²) in [5, 5.41) is 1.90. The number of imide groups is 1. The monoisotopic (exact) mass is 235 g/mol. The van der Waals surface area contributed by atoms with Gasteiger partial charge in [-0.3, -0.25) is 14.9 Å². The number of amides is 2.